The van der Waals surface area contributed by atoms with Crippen molar-refractivity contribution in [3.8, 4) is 28.5 Å². The van der Waals surface area contributed by atoms with Crippen LogP contribution in [0.1, 0.15) is 37.4 Å². The molecule has 3 rings (SSSR count). The number of nitrogens with zero attached hydrogens (tertiary/aromatic N) is 2. The summed E-state index contributed by atoms with van der Waals surface area (Å²) in [6.07, 6.45) is -1.90. The molecule has 0 radical (unpaired) electrons. The Morgan fingerprint density at radius 2 is 1.80 bits per heavy atom. The highest BCUT2D eigenvalue weighted by Gasteiger charge is 2.27. The van der Waals surface area contributed by atoms with Gasteiger partial charge in [0, 0.05) is 12.7 Å². The zero-order chi connectivity index (χ0) is 25.6. The van der Waals surface area contributed by atoms with Gasteiger partial charge in [-0.3, -0.25) is 9.36 Å². The molecule has 1 aromatic heterocycles. The van der Waals surface area contributed by atoms with Crippen molar-refractivity contribution in [3.63, 3.8) is 0 Å². The number of hydrogen-bond donors (Lipinski definition) is 1. The van der Waals surface area contributed by atoms with Crippen LogP contribution in [0.3, 0.4) is 0 Å². The number of esters is 1. The second-order valence-corrected chi connectivity index (χ2v) is 10.5. The van der Waals surface area contributed by atoms with Crippen LogP contribution in [0.2, 0.25) is 0 Å². The number of benzene rings is 2. The van der Waals surface area contributed by atoms with Crippen molar-refractivity contribution < 1.29 is 28.1 Å². The molecule has 9 heteroatoms. The fourth-order valence-electron chi connectivity index (χ4n) is 3.59. The molecule has 0 saturated heterocycles. The van der Waals surface area contributed by atoms with Gasteiger partial charge in [-0.05, 0) is 48.0 Å². The number of aliphatic hydroxyl groups excluding tert-OH is 1. The van der Waals surface area contributed by atoms with Crippen LogP contribution in [0.4, 0.5) is 4.39 Å². The van der Waals surface area contributed by atoms with Crippen molar-refractivity contribution in [1.29, 1.82) is 0 Å². The number of methoxy groups -OCH3 is 1. The van der Waals surface area contributed by atoms with E-state index < -0.39 is 19.4 Å². The lowest BCUT2D eigenvalue weighted by molar-refractivity contribution is -0.142. The van der Waals surface area contributed by atoms with Gasteiger partial charge in [-0.1, -0.05) is 38.0 Å². The third-order valence-corrected chi connectivity index (χ3v) is 7.26. The molecule has 0 aliphatic heterocycles. The summed E-state index contributed by atoms with van der Waals surface area (Å²) >= 11 is 0. The first kappa shape index (κ1) is 26.4. The van der Waals surface area contributed by atoms with E-state index in [1.165, 1.54) is 26.4 Å². The van der Waals surface area contributed by atoms with Gasteiger partial charge in [-0.25, -0.2) is 9.07 Å². The Bertz CT molecular complexity index is 1280. The molecular weight excluding hydrogens is 470 g/mol. The Morgan fingerprint density at radius 3 is 2.37 bits per heavy atom. The number of ether oxygens (including phenoxy) is 1. The summed E-state index contributed by atoms with van der Waals surface area (Å²) in [5, 5.41) is 15.0. The Balaban J connectivity index is 2.15. The summed E-state index contributed by atoms with van der Waals surface area (Å²) in [7, 11) is -1.18. The molecule has 1 N–H and O–H groups in total. The molecule has 2 aromatic carbocycles. The van der Waals surface area contributed by atoms with Gasteiger partial charge in [-0.2, -0.15) is 5.10 Å². The van der Waals surface area contributed by atoms with E-state index in [0.29, 0.717) is 16.8 Å². The molecule has 1 unspecified atom stereocenters. The largest absolute Gasteiger partial charge is 0.469 e. The van der Waals surface area contributed by atoms with Gasteiger partial charge in [0.15, 0.2) is 0 Å². The number of para-hydroxylation sites is 1. The highest BCUT2D eigenvalue weighted by Crippen LogP contribution is 2.46. The molecule has 1 heterocycles. The Morgan fingerprint density at radius 1 is 1.14 bits per heavy atom. The summed E-state index contributed by atoms with van der Waals surface area (Å²) in [5.41, 5.74) is 5.97. The fraction of sp³-hybridized carbons (Fsp3) is 0.308. The SMILES string of the molecule is COC(=O)C[C@H](O)CP(=O)(C#Cc1c(-c2ccc(F)cc2)nn(-c2ccccc2)c1C(C)C)OC. The lowest BCUT2D eigenvalue weighted by Gasteiger charge is -2.14. The lowest BCUT2D eigenvalue weighted by atomic mass is 10.0. The molecule has 7 nitrogen and oxygen atoms in total. The van der Waals surface area contributed by atoms with E-state index in [0.717, 1.165) is 11.4 Å². The van der Waals surface area contributed by atoms with Crippen molar-refractivity contribution in [3.05, 3.63) is 71.7 Å². The van der Waals surface area contributed by atoms with E-state index in [1.807, 2.05) is 44.2 Å². The third kappa shape index (κ3) is 6.46. The number of aliphatic hydroxyl groups is 1. The maximum atomic E-state index is 13.6. The molecule has 2 atom stereocenters. The molecule has 3 aromatic rings. The quantitative estimate of drug-likeness (QED) is 0.268. The van der Waals surface area contributed by atoms with E-state index >= 15 is 0 Å². The van der Waals surface area contributed by atoms with Gasteiger partial charge >= 0.3 is 5.97 Å². The molecule has 0 aliphatic carbocycles. The summed E-state index contributed by atoms with van der Waals surface area (Å²) < 4.78 is 38.4. The number of carbonyl (C=O) groups is 1. The minimum Gasteiger partial charge on any atom is -0.469 e. The van der Waals surface area contributed by atoms with Gasteiger partial charge in [0.2, 0.25) is 0 Å². The van der Waals surface area contributed by atoms with Crippen LogP contribution in [0, 0.1) is 17.4 Å². The van der Waals surface area contributed by atoms with Gasteiger partial charge in [-0.15, -0.1) is 0 Å². The fourth-order valence-corrected chi connectivity index (χ4v) is 4.89. The van der Waals surface area contributed by atoms with E-state index in [4.69, 9.17) is 9.62 Å². The second-order valence-electron chi connectivity index (χ2n) is 8.23. The van der Waals surface area contributed by atoms with E-state index in [2.05, 4.69) is 16.3 Å². The normalized spacial score (nSPS) is 13.6. The van der Waals surface area contributed by atoms with Crippen molar-refractivity contribution in [2.24, 2.45) is 0 Å². The molecule has 35 heavy (non-hydrogen) atoms. The molecular formula is C26H28FN2O5P. The van der Waals surface area contributed by atoms with Crippen molar-refractivity contribution in [2.75, 3.05) is 20.4 Å². The number of carbonyl (C=O) groups excluding carboxylic acids is 1. The smallest absolute Gasteiger partial charge is 0.308 e. The van der Waals surface area contributed by atoms with Gasteiger partial charge < -0.3 is 14.4 Å². The summed E-state index contributed by atoms with van der Waals surface area (Å²) in [6.45, 7) is 3.98. The number of halogens is 1. The maximum Gasteiger partial charge on any atom is 0.308 e. The van der Waals surface area contributed by atoms with Crippen LogP contribution in [0.15, 0.2) is 54.6 Å². The van der Waals surface area contributed by atoms with Crippen LogP contribution in [-0.4, -0.2) is 47.3 Å². The van der Waals surface area contributed by atoms with E-state index in [-0.39, 0.29) is 24.3 Å². The first-order valence-corrected chi connectivity index (χ1v) is 12.9. The zero-order valence-corrected chi connectivity index (χ0v) is 21.0. The first-order chi connectivity index (χ1) is 16.7. The van der Waals surface area contributed by atoms with Crippen LogP contribution in [0.25, 0.3) is 16.9 Å². The summed E-state index contributed by atoms with van der Waals surface area (Å²) in [5.74, 6) is 1.96. The predicted molar refractivity (Wildman–Crippen MR) is 132 cm³/mol. The maximum absolute atomic E-state index is 13.6. The van der Waals surface area contributed by atoms with Crippen molar-refractivity contribution in [2.45, 2.75) is 32.3 Å². The Labute approximate surface area is 204 Å². The third-order valence-electron chi connectivity index (χ3n) is 5.31. The monoisotopic (exact) mass is 498 g/mol. The average molecular weight is 498 g/mol. The molecule has 184 valence electrons. The minimum absolute atomic E-state index is 0.0203. The first-order valence-electron chi connectivity index (χ1n) is 11.0. The highest BCUT2D eigenvalue weighted by atomic mass is 31.2. The standard InChI is InChI=1S/C26H28FN2O5P/c1-18(2)26-23(14-15-35(32,34-4)17-22(30)16-24(31)33-3)25(19-10-12-20(27)13-11-19)28-29(26)21-8-6-5-7-9-21/h5-13,18,22,30H,16-17H2,1-4H3/t22-,35?/m0/s1. The number of hydrogen-bond acceptors (Lipinski definition) is 6. The molecule has 0 saturated carbocycles. The van der Waals surface area contributed by atoms with Crippen LogP contribution >= 0.6 is 7.37 Å². The summed E-state index contributed by atoms with van der Waals surface area (Å²) in [4.78, 5) is 11.5. The van der Waals surface area contributed by atoms with Gasteiger partial charge in [0.05, 0.1) is 42.7 Å². The Hall–Kier alpha value is -3.24. The van der Waals surface area contributed by atoms with Crippen molar-refractivity contribution >= 4 is 13.3 Å². The van der Waals surface area contributed by atoms with Crippen LogP contribution in [-0.2, 0) is 18.6 Å². The molecule has 0 aliphatic rings. The second kappa shape index (κ2) is 11.5. The Kier molecular flexibility index (Phi) is 8.63. The van der Waals surface area contributed by atoms with Gasteiger partial charge in [0.25, 0.3) is 7.37 Å². The number of aromatic nitrogens is 2. The molecule has 0 fully saturated rings. The lowest BCUT2D eigenvalue weighted by Crippen LogP contribution is -2.18. The van der Waals surface area contributed by atoms with E-state index in [1.54, 1.807) is 16.8 Å². The highest BCUT2D eigenvalue weighted by molar-refractivity contribution is 7.64. The average Bonchev–Trinajstić information content (AvgIpc) is 3.23. The topological polar surface area (TPSA) is 90.7 Å². The number of rotatable bonds is 8. The minimum atomic E-state index is -3.64. The summed E-state index contributed by atoms with van der Waals surface area (Å²) in [6, 6.07) is 15.4. The molecule has 0 amide bonds. The van der Waals surface area contributed by atoms with Crippen molar-refractivity contribution in [1.82, 2.24) is 9.78 Å². The molecule has 0 bridgehead atoms. The zero-order valence-electron chi connectivity index (χ0n) is 20.1. The predicted octanol–water partition coefficient (Wildman–Crippen LogP) is 4.96. The molecule has 0 spiro atoms. The van der Waals surface area contributed by atoms with Gasteiger partial charge in [0.1, 0.15) is 11.5 Å². The van der Waals surface area contributed by atoms with Crippen LogP contribution in [0.5, 0.6) is 0 Å². The van der Waals surface area contributed by atoms with Crippen LogP contribution < -0.4 is 0 Å². The van der Waals surface area contributed by atoms with E-state index in [9.17, 15) is 18.9 Å².